The number of furan rings is 1. The Morgan fingerprint density at radius 1 is 0.202 bits per heavy atom. The highest BCUT2D eigenvalue weighted by atomic mass is 32.2. The maximum Gasteiger partial charge on any atom is 0.164 e. The fourth-order valence-corrected chi connectivity index (χ4v) is 16.1. The summed E-state index contributed by atoms with van der Waals surface area (Å²) in [5, 5.41) is 6.88. The van der Waals surface area contributed by atoms with Gasteiger partial charge >= 0.3 is 0 Å². The number of rotatable bonds is 11. The average molecular weight is 1220 g/mol. The van der Waals surface area contributed by atoms with Gasteiger partial charge in [-0.05, 0) is 149 Å². The van der Waals surface area contributed by atoms with E-state index in [4.69, 9.17) is 34.3 Å². The molecule has 8 heteroatoms. The van der Waals surface area contributed by atoms with Crippen molar-refractivity contribution in [2.45, 2.75) is 14.7 Å². The van der Waals surface area contributed by atoms with Crippen LogP contribution in [0.4, 0.5) is 0 Å². The van der Waals surface area contributed by atoms with E-state index in [9.17, 15) is 0 Å². The third-order valence-electron chi connectivity index (χ3n) is 18.1. The van der Waals surface area contributed by atoms with Gasteiger partial charge in [0.15, 0.2) is 34.9 Å². The van der Waals surface area contributed by atoms with Crippen molar-refractivity contribution in [3.8, 4) is 124 Å². The molecular formula is C86H54N6OS. The normalized spacial score (nSPS) is 13.0. The molecule has 4 heterocycles. The number of benzene rings is 14. The number of thiol groups is 1. The molecule has 1 aliphatic heterocycles. The van der Waals surface area contributed by atoms with E-state index in [-0.39, 0.29) is 0 Å². The van der Waals surface area contributed by atoms with E-state index in [0.717, 1.165) is 105 Å². The summed E-state index contributed by atoms with van der Waals surface area (Å²) >= 11 is 0. The molecule has 0 saturated carbocycles. The molecule has 0 N–H and O–H groups in total. The number of hydrogen-bond donors (Lipinski definition) is 1. The van der Waals surface area contributed by atoms with E-state index in [0.29, 0.717) is 34.9 Å². The molecule has 0 spiro atoms. The molecule has 0 radical (unpaired) electrons. The first-order chi connectivity index (χ1) is 46.5. The van der Waals surface area contributed by atoms with Crippen LogP contribution >= 0.6 is 10.9 Å². The van der Waals surface area contributed by atoms with Crippen molar-refractivity contribution in [3.63, 3.8) is 0 Å². The lowest BCUT2D eigenvalue weighted by Gasteiger charge is -2.20. The first kappa shape index (κ1) is 54.7. The Morgan fingerprint density at radius 2 is 0.585 bits per heavy atom. The standard InChI is InChI=1S/C86H54N6OS/c1-5-20-54(21-6-1)55-40-42-59(43-41-55)84-88-83(58-26-11-4-12-27-58)91-86(92-84)67-35-17-31-63(48-67)70-38-18-32-64-49-74-75-51-68(44-45-77(75)93-78(74)53-73(64)70)94-79-39-14-13-36-71(79)76-52-72-65(50-80(76)94)33-19-37-69(72)62-30-15-28-60(46-62)61-29-16-34-66(47-61)85-89-81(56-22-7-2-8-23-56)87-82(90-85)57-24-9-3-10-25-57/h1-53,94H. The summed E-state index contributed by atoms with van der Waals surface area (Å²) < 4.78 is 6.83. The molecule has 1 atom stereocenters. The third kappa shape index (κ3) is 9.88. The second-order valence-corrected chi connectivity index (χ2v) is 26.0. The van der Waals surface area contributed by atoms with E-state index in [2.05, 4.69) is 224 Å². The molecule has 0 bridgehead atoms. The Bertz CT molecular complexity index is 5740. The maximum absolute atomic E-state index is 6.83. The lowest BCUT2D eigenvalue weighted by atomic mass is 9.93. The van der Waals surface area contributed by atoms with Crippen molar-refractivity contribution in [2.75, 3.05) is 0 Å². The molecule has 14 aromatic carbocycles. The predicted octanol–water partition coefficient (Wildman–Crippen LogP) is 22.4. The van der Waals surface area contributed by atoms with Crippen LogP contribution in [0.3, 0.4) is 0 Å². The first-order valence-electron chi connectivity index (χ1n) is 31.6. The predicted molar refractivity (Wildman–Crippen MR) is 386 cm³/mol. The van der Waals surface area contributed by atoms with Crippen molar-refractivity contribution in [2.24, 2.45) is 0 Å². The van der Waals surface area contributed by atoms with Crippen LogP contribution in [0, 0.1) is 0 Å². The lowest BCUT2D eigenvalue weighted by Crippen LogP contribution is -2.00. The van der Waals surface area contributed by atoms with Crippen molar-refractivity contribution in [3.05, 3.63) is 322 Å². The average Bonchev–Trinajstić information content (AvgIpc) is 1.57. The molecule has 440 valence electrons. The molecular weight excluding hydrogens is 1170 g/mol. The van der Waals surface area contributed by atoms with Crippen molar-refractivity contribution in [1.82, 2.24) is 29.9 Å². The van der Waals surface area contributed by atoms with Gasteiger partial charge in [0.1, 0.15) is 11.2 Å². The van der Waals surface area contributed by atoms with Crippen LogP contribution in [0.1, 0.15) is 0 Å². The molecule has 17 aromatic rings. The largest absolute Gasteiger partial charge is 0.456 e. The minimum atomic E-state index is -0.911. The van der Waals surface area contributed by atoms with Gasteiger partial charge in [0.05, 0.1) is 0 Å². The zero-order chi connectivity index (χ0) is 62.1. The monoisotopic (exact) mass is 1220 g/mol. The molecule has 7 nitrogen and oxygen atoms in total. The molecule has 0 fully saturated rings. The van der Waals surface area contributed by atoms with E-state index < -0.39 is 10.9 Å². The van der Waals surface area contributed by atoms with E-state index in [1.165, 1.54) is 42.1 Å². The van der Waals surface area contributed by atoms with Crippen LogP contribution in [0.2, 0.25) is 0 Å². The Kier molecular flexibility index (Phi) is 13.3. The van der Waals surface area contributed by atoms with Gasteiger partial charge in [-0.25, -0.2) is 29.9 Å². The summed E-state index contributed by atoms with van der Waals surface area (Å²) in [6, 6.07) is 114. The molecule has 94 heavy (non-hydrogen) atoms. The van der Waals surface area contributed by atoms with Crippen molar-refractivity contribution >= 4 is 54.4 Å². The molecule has 0 saturated heterocycles. The highest BCUT2D eigenvalue weighted by Crippen LogP contribution is 2.64. The lowest BCUT2D eigenvalue weighted by molar-refractivity contribution is 0.669. The summed E-state index contributed by atoms with van der Waals surface area (Å²) in [4.78, 5) is 34.3. The van der Waals surface area contributed by atoms with E-state index in [1.54, 1.807) is 0 Å². The van der Waals surface area contributed by atoms with Gasteiger partial charge in [-0.2, -0.15) is 10.9 Å². The van der Waals surface area contributed by atoms with Crippen molar-refractivity contribution < 1.29 is 4.42 Å². The van der Waals surface area contributed by atoms with Gasteiger partial charge in [0.2, 0.25) is 0 Å². The minimum absolute atomic E-state index is 0.607. The zero-order valence-electron chi connectivity index (χ0n) is 50.6. The fourth-order valence-electron chi connectivity index (χ4n) is 13.5. The van der Waals surface area contributed by atoms with Crippen LogP contribution in [0.25, 0.3) is 167 Å². The van der Waals surface area contributed by atoms with Crippen LogP contribution in [0.5, 0.6) is 0 Å². The van der Waals surface area contributed by atoms with Gasteiger partial charge in [0, 0.05) is 53.9 Å². The van der Waals surface area contributed by atoms with E-state index >= 15 is 0 Å². The van der Waals surface area contributed by atoms with Gasteiger partial charge in [-0.1, -0.05) is 255 Å². The Morgan fingerprint density at radius 3 is 1.15 bits per heavy atom. The smallest absolute Gasteiger partial charge is 0.164 e. The van der Waals surface area contributed by atoms with Crippen LogP contribution in [-0.2, 0) is 0 Å². The number of nitrogens with zero attached hydrogens (tertiary/aromatic N) is 6. The molecule has 1 unspecified atom stereocenters. The minimum Gasteiger partial charge on any atom is -0.456 e. The molecule has 3 aromatic heterocycles. The molecule has 1 aliphatic rings. The zero-order valence-corrected chi connectivity index (χ0v) is 51.5. The highest BCUT2D eigenvalue weighted by Gasteiger charge is 2.29. The number of hydrogen-bond acceptors (Lipinski definition) is 7. The summed E-state index contributed by atoms with van der Waals surface area (Å²) in [5.74, 6) is 3.75. The Labute approximate surface area is 545 Å². The molecule has 0 amide bonds. The second kappa shape index (κ2) is 22.9. The van der Waals surface area contributed by atoms with E-state index in [1.807, 2.05) is 97.1 Å². The topological polar surface area (TPSA) is 90.5 Å². The maximum atomic E-state index is 6.83. The summed E-state index contributed by atoms with van der Waals surface area (Å²) in [6.45, 7) is 0. The summed E-state index contributed by atoms with van der Waals surface area (Å²) in [5.41, 5.74) is 18.8. The molecule has 18 rings (SSSR count). The van der Waals surface area contributed by atoms with Crippen LogP contribution < -0.4 is 0 Å². The third-order valence-corrected chi connectivity index (χ3v) is 20.6. The highest BCUT2D eigenvalue weighted by molar-refractivity contribution is 8.17. The fraction of sp³-hybridized carbons (Fsp3) is 0. The van der Waals surface area contributed by atoms with Gasteiger partial charge in [0.25, 0.3) is 0 Å². The summed E-state index contributed by atoms with van der Waals surface area (Å²) in [7, 11) is -0.911. The van der Waals surface area contributed by atoms with Crippen molar-refractivity contribution in [1.29, 1.82) is 0 Å². The first-order valence-corrected chi connectivity index (χ1v) is 32.9. The summed E-state index contributed by atoms with van der Waals surface area (Å²) in [6.07, 6.45) is 0. The van der Waals surface area contributed by atoms with Crippen LogP contribution in [0.15, 0.2) is 341 Å². The van der Waals surface area contributed by atoms with Gasteiger partial charge in [-0.15, -0.1) is 0 Å². The van der Waals surface area contributed by atoms with Gasteiger partial charge in [-0.3, -0.25) is 0 Å². The quantitative estimate of drug-likeness (QED) is 0.129. The molecule has 0 aliphatic carbocycles. The Balaban J connectivity index is 0.673. The van der Waals surface area contributed by atoms with Crippen LogP contribution in [-0.4, -0.2) is 29.9 Å². The van der Waals surface area contributed by atoms with Gasteiger partial charge < -0.3 is 4.42 Å². The second-order valence-electron chi connectivity index (χ2n) is 23.8. The number of fused-ring (bicyclic) bond motifs is 8. The number of aromatic nitrogens is 6. The SMILES string of the molecule is c1ccc(-c2ccc(-c3nc(-c4ccccc4)nc(-c4cccc(-c5cccc6cc7c(cc56)oc5ccc([SH]6c8ccccc8-c8cc9c(-c%10cccc(-c%11cccc(-c%12nc(-c%13ccccc%13)nc(-c%13ccccc%13)n%12)c%11)c%10)cccc9cc86)cc57)c4)n3)cc2)cc1. The Hall–Kier alpha value is -12.2.